The quantitative estimate of drug-likeness (QED) is 0.687. The third-order valence-corrected chi connectivity index (χ3v) is 3.93. The summed E-state index contributed by atoms with van der Waals surface area (Å²) in [5, 5.41) is 4.73. The van der Waals surface area contributed by atoms with Gasteiger partial charge in [-0.25, -0.2) is 0 Å². The number of rotatable bonds is 5. The molecule has 1 heterocycles. The van der Waals surface area contributed by atoms with Gasteiger partial charge in [0.05, 0.1) is 11.1 Å². The van der Waals surface area contributed by atoms with E-state index < -0.39 is 0 Å². The number of nitrogens with zero attached hydrogens (tertiary/aromatic N) is 2. The number of alkyl halides is 1. The van der Waals surface area contributed by atoms with Gasteiger partial charge in [-0.05, 0) is 38.5 Å². The topological polar surface area (TPSA) is 17.8 Å². The van der Waals surface area contributed by atoms with Crippen LogP contribution in [0.3, 0.4) is 0 Å². The third-order valence-electron chi connectivity index (χ3n) is 3.41. The van der Waals surface area contributed by atoms with Crippen molar-refractivity contribution in [3.63, 3.8) is 0 Å². The van der Waals surface area contributed by atoms with E-state index in [-0.39, 0.29) is 5.38 Å². The number of aromatic nitrogens is 2. The van der Waals surface area contributed by atoms with Crippen molar-refractivity contribution in [2.75, 3.05) is 0 Å². The molecule has 1 unspecified atom stereocenters. The highest BCUT2D eigenvalue weighted by molar-refractivity contribution is 6.20. The molecule has 18 heavy (non-hydrogen) atoms. The highest BCUT2D eigenvalue weighted by atomic mass is 35.5. The summed E-state index contributed by atoms with van der Waals surface area (Å²) in [6.45, 7) is 14.2. The molecule has 0 radical (unpaired) electrons. The van der Waals surface area contributed by atoms with E-state index in [9.17, 15) is 0 Å². The van der Waals surface area contributed by atoms with E-state index in [1.165, 1.54) is 24.1 Å². The molecule has 104 valence electrons. The maximum Gasteiger partial charge on any atom is 0.0643 e. The fourth-order valence-electron chi connectivity index (χ4n) is 2.35. The zero-order chi connectivity index (χ0) is 13.9. The van der Waals surface area contributed by atoms with Crippen molar-refractivity contribution in [1.82, 2.24) is 9.78 Å². The Morgan fingerprint density at radius 2 is 1.89 bits per heavy atom. The summed E-state index contributed by atoms with van der Waals surface area (Å²) in [7, 11) is 0. The van der Waals surface area contributed by atoms with Gasteiger partial charge in [-0.2, -0.15) is 5.10 Å². The number of hydrogen-bond donors (Lipinski definition) is 0. The van der Waals surface area contributed by atoms with Crippen LogP contribution in [-0.2, 0) is 6.54 Å². The van der Waals surface area contributed by atoms with Gasteiger partial charge in [0, 0.05) is 17.8 Å². The molecule has 2 nitrogen and oxygen atoms in total. The molecule has 0 aromatic carbocycles. The van der Waals surface area contributed by atoms with Crippen LogP contribution in [0.25, 0.3) is 0 Å². The zero-order valence-electron chi connectivity index (χ0n) is 12.7. The second-order valence-electron chi connectivity index (χ2n) is 6.35. The smallest absolute Gasteiger partial charge is 0.0643 e. The molecule has 3 heteroatoms. The molecule has 1 rings (SSSR count). The van der Waals surface area contributed by atoms with E-state index in [0.717, 1.165) is 18.7 Å². The van der Waals surface area contributed by atoms with Crippen molar-refractivity contribution in [2.45, 2.75) is 72.7 Å². The molecule has 0 amide bonds. The zero-order valence-corrected chi connectivity index (χ0v) is 13.4. The lowest BCUT2D eigenvalue weighted by molar-refractivity contribution is 0.347. The normalized spacial score (nSPS) is 13.9. The first kappa shape index (κ1) is 15.6. The third kappa shape index (κ3) is 4.01. The Bertz CT molecular complexity index is 388. The Hall–Kier alpha value is -0.500. The molecule has 0 saturated carbocycles. The van der Waals surface area contributed by atoms with E-state index in [0.29, 0.717) is 5.41 Å². The molecule has 1 aromatic rings. The van der Waals surface area contributed by atoms with Crippen molar-refractivity contribution in [3.05, 3.63) is 17.0 Å². The van der Waals surface area contributed by atoms with Gasteiger partial charge in [0.15, 0.2) is 0 Å². The van der Waals surface area contributed by atoms with Crippen molar-refractivity contribution >= 4 is 11.6 Å². The molecule has 1 atom stereocenters. The van der Waals surface area contributed by atoms with Gasteiger partial charge in [0.1, 0.15) is 0 Å². The SMILES string of the molecule is CCC(Cl)c1c(C)nn(CCCC(C)(C)C)c1C. The van der Waals surface area contributed by atoms with Gasteiger partial charge in [0.2, 0.25) is 0 Å². The van der Waals surface area contributed by atoms with Gasteiger partial charge in [-0.3, -0.25) is 4.68 Å². The summed E-state index contributed by atoms with van der Waals surface area (Å²) >= 11 is 6.37. The molecule has 0 aliphatic heterocycles. The Kier molecular flexibility index (Phi) is 5.27. The second-order valence-corrected chi connectivity index (χ2v) is 6.87. The Labute approximate surface area is 117 Å². The summed E-state index contributed by atoms with van der Waals surface area (Å²) in [4.78, 5) is 0. The van der Waals surface area contributed by atoms with Gasteiger partial charge in [0.25, 0.3) is 0 Å². The van der Waals surface area contributed by atoms with Gasteiger partial charge in [-0.15, -0.1) is 11.6 Å². The predicted octanol–water partition coefficient (Wildman–Crippen LogP) is 5.02. The van der Waals surface area contributed by atoms with Gasteiger partial charge in [-0.1, -0.05) is 27.7 Å². The number of hydrogen-bond acceptors (Lipinski definition) is 1. The first-order valence-corrected chi connectivity index (χ1v) is 7.38. The molecule has 0 aliphatic carbocycles. The van der Waals surface area contributed by atoms with Crippen LogP contribution in [0, 0.1) is 19.3 Å². The molecular weight excluding hydrogens is 244 g/mol. The van der Waals surface area contributed by atoms with Crippen molar-refractivity contribution < 1.29 is 0 Å². The first-order chi connectivity index (χ1) is 8.26. The van der Waals surface area contributed by atoms with Crippen LogP contribution in [0.2, 0.25) is 0 Å². The standard InChI is InChI=1S/C15H27ClN2/c1-7-13(16)14-11(2)17-18(12(14)3)10-8-9-15(4,5)6/h13H,7-10H2,1-6H3. The first-order valence-electron chi connectivity index (χ1n) is 6.94. The van der Waals surface area contributed by atoms with Gasteiger partial charge < -0.3 is 0 Å². The molecule has 0 spiro atoms. The minimum atomic E-state index is 0.0985. The molecule has 0 N–H and O–H groups in total. The number of halogens is 1. The van der Waals surface area contributed by atoms with Crippen molar-refractivity contribution in [3.8, 4) is 0 Å². The molecule has 0 aliphatic rings. The van der Waals surface area contributed by atoms with E-state index in [1.807, 2.05) is 0 Å². The van der Waals surface area contributed by atoms with Crippen LogP contribution in [0.4, 0.5) is 0 Å². The lowest BCUT2D eigenvalue weighted by atomic mass is 9.91. The summed E-state index contributed by atoms with van der Waals surface area (Å²) < 4.78 is 2.13. The second kappa shape index (κ2) is 6.10. The van der Waals surface area contributed by atoms with Crippen LogP contribution in [-0.4, -0.2) is 9.78 Å². The summed E-state index contributed by atoms with van der Waals surface area (Å²) in [5.74, 6) is 0. The fraction of sp³-hybridized carbons (Fsp3) is 0.800. The maximum atomic E-state index is 6.37. The molecule has 0 fully saturated rings. The molecule has 0 saturated heterocycles. The highest BCUT2D eigenvalue weighted by Crippen LogP contribution is 2.30. The highest BCUT2D eigenvalue weighted by Gasteiger charge is 2.18. The number of aryl methyl sites for hydroxylation is 2. The molecule has 1 aromatic heterocycles. The lowest BCUT2D eigenvalue weighted by Gasteiger charge is -2.18. The summed E-state index contributed by atoms with van der Waals surface area (Å²) in [5.41, 5.74) is 3.96. The van der Waals surface area contributed by atoms with E-state index in [1.54, 1.807) is 0 Å². The average Bonchev–Trinajstić information content (AvgIpc) is 2.52. The van der Waals surface area contributed by atoms with Crippen molar-refractivity contribution in [2.24, 2.45) is 5.41 Å². The Balaban J connectivity index is 2.74. The minimum Gasteiger partial charge on any atom is -0.269 e. The van der Waals surface area contributed by atoms with Crippen molar-refractivity contribution in [1.29, 1.82) is 0 Å². The van der Waals surface area contributed by atoms with E-state index in [4.69, 9.17) is 11.6 Å². The lowest BCUT2D eigenvalue weighted by Crippen LogP contribution is -2.09. The predicted molar refractivity (Wildman–Crippen MR) is 79.3 cm³/mol. The van der Waals surface area contributed by atoms with Gasteiger partial charge >= 0.3 is 0 Å². The van der Waals surface area contributed by atoms with Crippen LogP contribution < -0.4 is 0 Å². The summed E-state index contributed by atoms with van der Waals surface area (Å²) in [6, 6.07) is 0. The van der Waals surface area contributed by atoms with Crippen LogP contribution >= 0.6 is 11.6 Å². The van der Waals surface area contributed by atoms with E-state index >= 15 is 0 Å². The van der Waals surface area contributed by atoms with Crippen LogP contribution in [0.5, 0.6) is 0 Å². The molecular formula is C15H27ClN2. The maximum absolute atomic E-state index is 6.37. The largest absolute Gasteiger partial charge is 0.269 e. The summed E-state index contributed by atoms with van der Waals surface area (Å²) in [6.07, 6.45) is 3.35. The molecule has 0 bridgehead atoms. The Morgan fingerprint density at radius 3 is 2.39 bits per heavy atom. The minimum absolute atomic E-state index is 0.0985. The Morgan fingerprint density at radius 1 is 1.28 bits per heavy atom. The van der Waals surface area contributed by atoms with Crippen LogP contribution in [0.1, 0.15) is 69.3 Å². The average molecular weight is 271 g/mol. The fourth-order valence-corrected chi connectivity index (χ4v) is 2.66. The monoisotopic (exact) mass is 270 g/mol. The van der Waals surface area contributed by atoms with E-state index in [2.05, 4.69) is 51.3 Å². The van der Waals surface area contributed by atoms with Crippen LogP contribution in [0.15, 0.2) is 0 Å².